The number of anilines is 1. The van der Waals surface area contributed by atoms with Gasteiger partial charge in [0.2, 0.25) is 0 Å². The lowest BCUT2D eigenvalue weighted by Crippen LogP contribution is -2.27. The molecule has 18 heavy (non-hydrogen) atoms. The summed E-state index contributed by atoms with van der Waals surface area (Å²) in [6.07, 6.45) is 1.63. The molecule has 0 saturated carbocycles. The summed E-state index contributed by atoms with van der Waals surface area (Å²) in [4.78, 5) is 6.03. The van der Waals surface area contributed by atoms with Gasteiger partial charge in [-0.25, -0.2) is 4.98 Å². The van der Waals surface area contributed by atoms with Crippen molar-refractivity contribution in [1.82, 2.24) is 4.98 Å². The molecule has 0 saturated heterocycles. The topological polar surface area (TPSA) is 104 Å². The summed E-state index contributed by atoms with van der Waals surface area (Å²) in [5, 5.41) is 20.3. The number of oxime groups is 1. The van der Waals surface area contributed by atoms with Crippen molar-refractivity contribution in [2.24, 2.45) is 10.9 Å². The molecule has 0 spiro atoms. The number of nitrogens with zero attached hydrogens (tertiary/aromatic N) is 3. The molecule has 4 N–H and O–H groups in total. The Morgan fingerprint density at radius 1 is 1.56 bits per heavy atom. The van der Waals surface area contributed by atoms with Crippen LogP contribution in [0, 0.1) is 0 Å². The average molecular weight is 254 g/mol. The van der Waals surface area contributed by atoms with Crippen LogP contribution in [-0.2, 0) is 4.74 Å². The standard InChI is InChI=1S/C11H18N4O3/c1-15(5-7-18-8-6-16)11-9(10(12)14-17)3-2-4-13-11/h2-4,16-17H,5-8H2,1H3,(H2,12,14). The van der Waals surface area contributed by atoms with Crippen molar-refractivity contribution in [3.8, 4) is 0 Å². The summed E-state index contributed by atoms with van der Waals surface area (Å²) < 4.78 is 5.17. The summed E-state index contributed by atoms with van der Waals surface area (Å²) in [6, 6.07) is 3.44. The van der Waals surface area contributed by atoms with E-state index in [9.17, 15) is 0 Å². The second-order valence-corrected chi connectivity index (χ2v) is 3.62. The van der Waals surface area contributed by atoms with E-state index >= 15 is 0 Å². The van der Waals surface area contributed by atoms with Gasteiger partial charge in [0.05, 0.1) is 25.4 Å². The normalized spacial score (nSPS) is 11.6. The summed E-state index contributed by atoms with van der Waals surface area (Å²) in [5.41, 5.74) is 6.14. The smallest absolute Gasteiger partial charge is 0.173 e. The predicted molar refractivity (Wildman–Crippen MR) is 67.9 cm³/mol. The van der Waals surface area contributed by atoms with Crippen LogP contribution in [0.25, 0.3) is 0 Å². The Hall–Kier alpha value is -1.86. The Kier molecular flexibility index (Phi) is 5.89. The van der Waals surface area contributed by atoms with Gasteiger partial charge in [-0.15, -0.1) is 0 Å². The van der Waals surface area contributed by atoms with Crippen LogP contribution in [0.1, 0.15) is 5.56 Å². The summed E-state index contributed by atoms with van der Waals surface area (Å²) in [5.74, 6) is 0.627. The fourth-order valence-electron chi connectivity index (χ4n) is 1.43. The van der Waals surface area contributed by atoms with Gasteiger partial charge in [-0.05, 0) is 12.1 Å². The second-order valence-electron chi connectivity index (χ2n) is 3.62. The van der Waals surface area contributed by atoms with Gasteiger partial charge < -0.3 is 25.7 Å². The highest BCUT2D eigenvalue weighted by molar-refractivity contribution is 6.01. The number of hydrogen-bond acceptors (Lipinski definition) is 6. The first-order valence-electron chi connectivity index (χ1n) is 5.53. The number of aliphatic hydroxyl groups is 1. The van der Waals surface area contributed by atoms with Gasteiger partial charge in [-0.3, -0.25) is 0 Å². The van der Waals surface area contributed by atoms with Gasteiger partial charge in [0.25, 0.3) is 0 Å². The minimum absolute atomic E-state index is 0.00265. The lowest BCUT2D eigenvalue weighted by Gasteiger charge is -2.20. The minimum atomic E-state index is 0.00265. The number of nitrogens with two attached hydrogens (primary N) is 1. The number of aliphatic hydroxyl groups excluding tert-OH is 1. The first-order valence-corrected chi connectivity index (χ1v) is 5.53. The lowest BCUT2D eigenvalue weighted by atomic mass is 10.2. The van der Waals surface area contributed by atoms with E-state index in [4.69, 9.17) is 20.8 Å². The molecule has 7 nitrogen and oxygen atoms in total. The van der Waals surface area contributed by atoms with Crippen LogP contribution in [0.15, 0.2) is 23.5 Å². The van der Waals surface area contributed by atoms with Crippen molar-refractivity contribution in [1.29, 1.82) is 0 Å². The van der Waals surface area contributed by atoms with E-state index in [1.165, 1.54) is 0 Å². The molecule has 0 amide bonds. The molecule has 0 fully saturated rings. The van der Waals surface area contributed by atoms with E-state index < -0.39 is 0 Å². The Morgan fingerprint density at radius 2 is 2.33 bits per heavy atom. The summed E-state index contributed by atoms with van der Waals surface area (Å²) in [7, 11) is 1.83. The van der Waals surface area contributed by atoms with Gasteiger partial charge >= 0.3 is 0 Å². The number of aromatic nitrogens is 1. The largest absolute Gasteiger partial charge is 0.409 e. The molecule has 1 heterocycles. The quantitative estimate of drug-likeness (QED) is 0.201. The highest BCUT2D eigenvalue weighted by Crippen LogP contribution is 2.14. The Morgan fingerprint density at radius 3 is 3.00 bits per heavy atom. The van der Waals surface area contributed by atoms with Gasteiger partial charge in [-0.2, -0.15) is 0 Å². The van der Waals surface area contributed by atoms with E-state index in [1.807, 2.05) is 11.9 Å². The van der Waals surface area contributed by atoms with Crippen molar-refractivity contribution >= 4 is 11.7 Å². The van der Waals surface area contributed by atoms with Crippen LogP contribution >= 0.6 is 0 Å². The van der Waals surface area contributed by atoms with Gasteiger partial charge in [0, 0.05) is 19.8 Å². The van der Waals surface area contributed by atoms with Crippen LogP contribution in [-0.4, -0.2) is 54.5 Å². The molecule has 1 aromatic heterocycles. The Balaban J connectivity index is 2.70. The summed E-state index contributed by atoms with van der Waals surface area (Å²) >= 11 is 0. The van der Waals surface area contributed by atoms with Gasteiger partial charge in [0.15, 0.2) is 5.84 Å². The highest BCUT2D eigenvalue weighted by Gasteiger charge is 2.11. The molecule has 0 aliphatic heterocycles. The molecular weight excluding hydrogens is 236 g/mol. The van der Waals surface area contributed by atoms with Crippen LogP contribution in [0.5, 0.6) is 0 Å². The van der Waals surface area contributed by atoms with Gasteiger partial charge in [0.1, 0.15) is 5.82 Å². The monoisotopic (exact) mass is 254 g/mol. The van der Waals surface area contributed by atoms with E-state index in [0.717, 1.165) is 0 Å². The second kappa shape index (κ2) is 7.46. The SMILES string of the molecule is CN(CCOCCO)c1ncccc1/C(N)=N/O. The fourth-order valence-corrected chi connectivity index (χ4v) is 1.43. The first-order chi connectivity index (χ1) is 8.70. The van der Waals surface area contributed by atoms with E-state index in [1.54, 1.807) is 18.3 Å². The van der Waals surface area contributed by atoms with Crippen molar-refractivity contribution in [2.75, 3.05) is 38.3 Å². The first kappa shape index (κ1) is 14.2. The summed E-state index contributed by atoms with van der Waals surface area (Å²) in [6.45, 7) is 1.36. The van der Waals surface area contributed by atoms with Crippen LogP contribution in [0.3, 0.4) is 0 Å². The number of hydrogen-bond donors (Lipinski definition) is 3. The molecule has 0 atom stereocenters. The molecule has 1 aromatic rings. The Bertz CT molecular complexity index is 398. The molecule has 100 valence electrons. The predicted octanol–water partition coefficient (Wildman–Crippen LogP) is -0.379. The lowest BCUT2D eigenvalue weighted by molar-refractivity contribution is 0.0970. The van der Waals surface area contributed by atoms with E-state index in [-0.39, 0.29) is 12.4 Å². The van der Waals surface area contributed by atoms with Crippen molar-refractivity contribution in [2.45, 2.75) is 0 Å². The Labute approximate surface area is 105 Å². The van der Waals surface area contributed by atoms with Gasteiger partial charge in [-0.1, -0.05) is 5.16 Å². The third-order valence-electron chi connectivity index (χ3n) is 2.34. The number of amidine groups is 1. The fraction of sp³-hybridized carbons (Fsp3) is 0.455. The van der Waals surface area contributed by atoms with Crippen molar-refractivity contribution in [3.05, 3.63) is 23.9 Å². The number of ether oxygens (including phenoxy) is 1. The van der Waals surface area contributed by atoms with Crippen LogP contribution < -0.4 is 10.6 Å². The molecular formula is C11H18N4O3. The zero-order valence-electron chi connectivity index (χ0n) is 10.3. The molecule has 0 aromatic carbocycles. The third kappa shape index (κ3) is 3.86. The van der Waals surface area contributed by atoms with Crippen LogP contribution in [0.2, 0.25) is 0 Å². The van der Waals surface area contributed by atoms with E-state index in [2.05, 4.69) is 10.1 Å². The highest BCUT2D eigenvalue weighted by atomic mass is 16.5. The third-order valence-corrected chi connectivity index (χ3v) is 2.34. The molecule has 1 rings (SSSR count). The molecule has 0 aliphatic rings. The molecule has 0 aliphatic carbocycles. The zero-order chi connectivity index (χ0) is 13.4. The molecule has 7 heteroatoms. The maximum atomic E-state index is 8.70. The molecule has 0 bridgehead atoms. The minimum Gasteiger partial charge on any atom is -0.409 e. The van der Waals surface area contributed by atoms with Crippen molar-refractivity contribution in [3.63, 3.8) is 0 Å². The molecule has 0 unspecified atom stereocenters. The van der Waals surface area contributed by atoms with E-state index in [0.29, 0.717) is 31.1 Å². The zero-order valence-corrected chi connectivity index (χ0v) is 10.3. The average Bonchev–Trinajstić information content (AvgIpc) is 2.42. The maximum absolute atomic E-state index is 8.70. The van der Waals surface area contributed by atoms with Crippen molar-refractivity contribution < 1.29 is 15.1 Å². The number of rotatable bonds is 7. The molecule has 0 radical (unpaired) electrons. The number of likely N-dealkylation sites (N-methyl/N-ethyl adjacent to an activating group) is 1. The van der Waals surface area contributed by atoms with Crippen LogP contribution in [0.4, 0.5) is 5.82 Å². The maximum Gasteiger partial charge on any atom is 0.173 e. The number of pyridine rings is 1.